The Kier molecular flexibility index (Phi) is 6.17. The van der Waals surface area contributed by atoms with Crippen LogP contribution < -0.4 is 10.1 Å². The Morgan fingerprint density at radius 3 is 2.63 bits per heavy atom. The third kappa shape index (κ3) is 4.69. The Morgan fingerprint density at radius 2 is 1.93 bits per heavy atom. The normalized spacial score (nSPS) is 16.1. The molecule has 0 spiro atoms. The zero-order valence-electron chi connectivity index (χ0n) is 16.8. The van der Waals surface area contributed by atoms with Crippen molar-refractivity contribution in [3.8, 4) is 5.75 Å². The molecule has 1 N–H and O–H groups in total. The number of benzene rings is 2. The maximum Gasteiger partial charge on any atom is 0.234 e. The molecule has 0 heterocycles. The van der Waals surface area contributed by atoms with Gasteiger partial charge >= 0.3 is 0 Å². The van der Waals surface area contributed by atoms with E-state index in [0.29, 0.717) is 6.54 Å². The number of nitrogens with zero attached hydrogens (tertiary/aromatic N) is 1. The molecule has 0 fully saturated rings. The molecule has 0 aromatic heterocycles. The first-order chi connectivity index (χ1) is 13.0. The molecule has 2 aromatic rings. The smallest absolute Gasteiger partial charge is 0.234 e. The number of amides is 1. The lowest BCUT2D eigenvalue weighted by Crippen LogP contribution is -2.38. The van der Waals surface area contributed by atoms with Gasteiger partial charge in [-0.1, -0.05) is 36.4 Å². The lowest BCUT2D eigenvalue weighted by Gasteiger charge is -2.27. The van der Waals surface area contributed by atoms with Crippen molar-refractivity contribution < 1.29 is 9.53 Å². The van der Waals surface area contributed by atoms with E-state index in [2.05, 4.69) is 60.5 Å². The van der Waals surface area contributed by atoms with Gasteiger partial charge in [0.05, 0.1) is 19.7 Å². The van der Waals surface area contributed by atoms with Crippen molar-refractivity contribution >= 4 is 5.91 Å². The Bertz CT molecular complexity index is 793. The highest BCUT2D eigenvalue weighted by atomic mass is 16.5. The number of likely N-dealkylation sites (N-methyl/N-ethyl adjacent to an activating group) is 1. The lowest BCUT2D eigenvalue weighted by atomic mass is 9.88. The zero-order valence-corrected chi connectivity index (χ0v) is 16.8. The molecule has 144 valence electrons. The summed E-state index contributed by atoms with van der Waals surface area (Å²) in [5, 5.41) is 3.23. The van der Waals surface area contributed by atoms with Gasteiger partial charge in [0.15, 0.2) is 0 Å². The molecule has 4 heteroatoms. The number of carbonyl (C=O) groups is 1. The summed E-state index contributed by atoms with van der Waals surface area (Å²) in [5.74, 6) is 1.02. The molecule has 27 heavy (non-hydrogen) atoms. The van der Waals surface area contributed by atoms with Gasteiger partial charge in [-0.15, -0.1) is 0 Å². The van der Waals surface area contributed by atoms with Crippen LogP contribution in [0.1, 0.15) is 46.7 Å². The summed E-state index contributed by atoms with van der Waals surface area (Å²) in [6.45, 7) is 5.24. The first-order valence-corrected chi connectivity index (χ1v) is 9.67. The van der Waals surface area contributed by atoms with Crippen molar-refractivity contribution in [3.05, 3.63) is 64.2 Å². The van der Waals surface area contributed by atoms with Crippen molar-refractivity contribution in [2.45, 2.75) is 45.7 Å². The third-order valence-electron chi connectivity index (χ3n) is 5.29. The Hall–Kier alpha value is -2.33. The third-order valence-corrected chi connectivity index (χ3v) is 5.29. The molecule has 0 bridgehead atoms. The minimum Gasteiger partial charge on any atom is -0.496 e. The molecule has 4 nitrogen and oxygen atoms in total. The van der Waals surface area contributed by atoms with Crippen LogP contribution in [0.5, 0.6) is 5.75 Å². The summed E-state index contributed by atoms with van der Waals surface area (Å²) in [6.07, 6.45) is 3.25. The predicted octanol–water partition coefficient (Wildman–Crippen LogP) is 3.94. The summed E-state index contributed by atoms with van der Waals surface area (Å²) in [7, 11) is 3.69. The number of fused-ring (bicyclic) bond motifs is 1. The molecule has 2 aromatic carbocycles. The zero-order chi connectivity index (χ0) is 19.4. The van der Waals surface area contributed by atoms with Crippen molar-refractivity contribution in [1.29, 1.82) is 0 Å². The second-order valence-electron chi connectivity index (χ2n) is 7.65. The van der Waals surface area contributed by atoms with Crippen molar-refractivity contribution in [1.82, 2.24) is 10.2 Å². The van der Waals surface area contributed by atoms with E-state index in [1.807, 2.05) is 7.05 Å². The summed E-state index contributed by atoms with van der Waals surface area (Å²) >= 11 is 0. The van der Waals surface area contributed by atoms with Gasteiger partial charge in [-0.3, -0.25) is 9.69 Å². The fraction of sp³-hybridized carbons (Fsp3) is 0.435. The first-order valence-electron chi connectivity index (χ1n) is 9.67. The minimum atomic E-state index is 0.0844. The molecular weight excluding hydrogens is 336 g/mol. The van der Waals surface area contributed by atoms with Crippen LogP contribution in [-0.2, 0) is 17.8 Å². The highest BCUT2D eigenvalue weighted by Crippen LogP contribution is 2.29. The van der Waals surface area contributed by atoms with E-state index >= 15 is 0 Å². The van der Waals surface area contributed by atoms with Gasteiger partial charge < -0.3 is 10.1 Å². The van der Waals surface area contributed by atoms with E-state index in [-0.39, 0.29) is 11.9 Å². The van der Waals surface area contributed by atoms with Gasteiger partial charge in [-0.2, -0.15) is 0 Å². The van der Waals surface area contributed by atoms with Gasteiger partial charge in [-0.05, 0) is 68.0 Å². The topological polar surface area (TPSA) is 41.6 Å². The van der Waals surface area contributed by atoms with Crippen LogP contribution in [0.2, 0.25) is 0 Å². The maximum absolute atomic E-state index is 12.6. The average molecular weight is 367 g/mol. The Labute approximate surface area is 162 Å². The van der Waals surface area contributed by atoms with Crippen LogP contribution in [0, 0.1) is 13.8 Å². The number of carbonyl (C=O) groups excluding carboxylic acids is 1. The number of hydrogen-bond acceptors (Lipinski definition) is 3. The van der Waals surface area contributed by atoms with Crippen LogP contribution >= 0.6 is 0 Å². The van der Waals surface area contributed by atoms with Crippen molar-refractivity contribution in [2.75, 3.05) is 20.7 Å². The summed E-state index contributed by atoms with van der Waals surface area (Å²) < 4.78 is 5.44. The summed E-state index contributed by atoms with van der Waals surface area (Å²) in [6, 6.07) is 12.9. The van der Waals surface area contributed by atoms with Crippen molar-refractivity contribution in [2.24, 2.45) is 0 Å². The number of methoxy groups -OCH3 is 1. The van der Waals surface area contributed by atoms with Crippen LogP contribution in [0.4, 0.5) is 0 Å². The van der Waals surface area contributed by atoms with E-state index in [0.717, 1.165) is 42.7 Å². The van der Waals surface area contributed by atoms with E-state index in [4.69, 9.17) is 4.74 Å². The molecule has 1 aliphatic rings. The number of rotatable bonds is 6. The van der Waals surface area contributed by atoms with Crippen molar-refractivity contribution in [3.63, 3.8) is 0 Å². The summed E-state index contributed by atoms with van der Waals surface area (Å²) in [4.78, 5) is 14.6. The van der Waals surface area contributed by atoms with Gasteiger partial charge in [0.1, 0.15) is 5.75 Å². The van der Waals surface area contributed by atoms with E-state index in [9.17, 15) is 4.79 Å². The van der Waals surface area contributed by atoms with E-state index in [1.165, 1.54) is 16.7 Å². The molecule has 0 saturated carbocycles. The van der Waals surface area contributed by atoms with E-state index < -0.39 is 0 Å². The Balaban J connectivity index is 1.59. The van der Waals surface area contributed by atoms with Crippen LogP contribution in [0.3, 0.4) is 0 Å². The van der Waals surface area contributed by atoms with Crippen LogP contribution in [0.15, 0.2) is 36.4 Å². The molecule has 1 aliphatic carbocycles. The lowest BCUT2D eigenvalue weighted by molar-refractivity contribution is -0.122. The standard InChI is InChI=1S/C23H30N2O2/c1-16-12-18(13-17(2)23(16)27-4)14-25(3)15-22(26)24-21-11-7-9-19-8-5-6-10-20(19)21/h5-6,8,10,12-13,21H,7,9,11,14-15H2,1-4H3,(H,24,26). The van der Waals surface area contributed by atoms with E-state index in [1.54, 1.807) is 7.11 Å². The van der Waals surface area contributed by atoms with Gasteiger partial charge in [0.25, 0.3) is 0 Å². The summed E-state index contributed by atoms with van der Waals surface area (Å²) in [5.41, 5.74) is 6.10. The number of hydrogen-bond donors (Lipinski definition) is 1. The predicted molar refractivity (Wildman–Crippen MR) is 109 cm³/mol. The largest absolute Gasteiger partial charge is 0.496 e. The molecule has 0 radical (unpaired) electrons. The number of ether oxygens (including phenoxy) is 1. The van der Waals surface area contributed by atoms with Gasteiger partial charge in [0.2, 0.25) is 5.91 Å². The molecule has 3 rings (SSSR count). The van der Waals surface area contributed by atoms with Crippen LogP contribution in [0.25, 0.3) is 0 Å². The quantitative estimate of drug-likeness (QED) is 0.842. The van der Waals surface area contributed by atoms with Crippen LogP contribution in [-0.4, -0.2) is 31.5 Å². The fourth-order valence-corrected chi connectivity index (χ4v) is 4.21. The average Bonchev–Trinajstić information content (AvgIpc) is 2.61. The second-order valence-corrected chi connectivity index (χ2v) is 7.65. The highest BCUT2D eigenvalue weighted by Gasteiger charge is 2.21. The highest BCUT2D eigenvalue weighted by molar-refractivity contribution is 5.78. The molecular formula is C23H30N2O2. The molecule has 0 aliphatic heterocycles. The molecule has 1 atom stereocenters. The molecule has 0 saturated heterocycles. The monoisotopic (exact) mass is 366 g/mol. The Morgan fingerprint density at radius 1 is 1.22 bits per heavy atom. The SMILES string of the molecule is COc1c(C)cc(CN(C)CC(=O)NC2CCCc3ccccc32)cc1C. The fourth-order valence-electron chi connectivity index (χ4n) is 4.21. The maximum atomic E-state index is 12.6. The number of aryl methyl sites for hydroxylation is 3. The van der Waals surface area contributed by atoms with Gasteiger partial charge in [0, 0.05) is 6.54 Å². The van der Waals surface area contributed by atoms with Gasteiger partial charge in [-0.25, -0.2) is 0 Å². The molecule has 1 amide bonds. The molecule has 1 unspecified atom stereocenters. The number of nitrogens with one attached hydrogen (secondary N) is 1. The first kappa shape index (κ1) is 19.4. The minimum absolute atomic E-state index is 0.0844. The second kappa shape index (κ2) is 8.57.